The van der Waals surface area contributed by atoms with Crippen LogP contribution in [0.3, 0.4) is 0 Å². The number of aromatic nitrogens is 2. The fraction of sp³-hybridized carbons (Fsp3) is 0.654. The zero-order valence-electron chi connectivity index (χ0n) is 20.5. The van der Waals surface area contributed by atoms with Gasteiger partial charge >= 0.3 is 0 Å². The maximum absolute atomic E-state index is 12.3. The number of hydrogen-bond donors (Lipinski definition) is 2. The highest BCUT2D eigenvalue weighted by atomic mass is 16.5. The Balaban J connectivity index is 1.13. The lowest BCUT2D eigenvalue weighted by Gasteiger charge is -2.30. The number of aryl methyl sites for hydroxylation is 2. The summed E-state index contributed by atoms with van der Waals surface area (Å²) in [6.45, 7) is 6.21. The van der Waals surface area contributed by atoms with Crippen molar-refractivity contribution in [3.05, 3.63) is 35.2 Å². The molecular weight excluding hydrogens is 432 g/mol. The first kappa shape index (κ1) is 24.5. The van der Waals surface area contributed by atoms with Crippen molar-refractivity contribution in [2.75, 3.05) is 31.2 Å². The number of carbonyl (C=O) groups is 1. The third kappa shape index (κ3) is 6.95. The van der Waals surface area contributed by atoms with Crippen LogP contribution in [0.4, 0.5) is 5.95 Å². The van der Waals surface area contributed by atoms with Gasteiger partial charge in [-0.15, -0.1) is 0 Å². The van der Waals surface area contributed by atoms with Crippen molar-refractivity contribution in [1.82, 2.24) is 15.5 Å². The van der Waals surface area contributed by atoms with Gasteiger partial charge in [-0.05, 0) is 86.7 Å². The average Bonchev–Trinajstić information content (AvgIpc) is 3.56. The minimum atomic E-state index is -0.267. The lowest BCUT2D eigenvalue weighted by atomic mass is 9.92. The molecule has 2 heterocycles. The van der Waals surface area contributed by atoms with Gasteiger partial charge in [0.2, 0.25) is 5.89 Å². The van der Waals surface area contributed by atoms with Crippen LogP contribution in [0.2, 0.25) is 0 Å². The van der Waals surface area contributed by atoms with Gasteiger partial charge in [0.1, 0.15) is 5.75 Å². The average molecular weight is 471 g/mol. The number of rotatable bonds is 12. The molecule has 1 amide bonds. The number of aliphatic hydroxyl groups excluding tert-OH is 1. The van der Waals surface area contributed by atoms with E-state index in [2.05, 4.69) is 20.4 Å². The molecule has 1 atom stereocenters. The van der Waals surface area contributed by atoms with Gasteiger partial charge in [-0.3, -0.25) is 4.79 Å². The topological polar surface area (TPSA) is 101 Å². The second kappa shape index (κ2) is 11.7. The molecule has 1 saturated heterocycles. The molecular formula is C26H38N4O4. The van der Waals surface area contributed by atoms with E-state index in [1.54, 1.807) is 13.0 Å². The largest absolute Gasteiger partial charge is 0.494 e. The summed E-state index contributed by atoms with van der Waals surface area (Å²) in [7, 11) is 0. The molecule has 34 heavy (non-hydrogen) atoms. The van der Waals surface area contributed by atoms with E-state index in [9.17, 15) is 4.79 Å². The predicted octanol–water partition coefficient (Wildman–Crippen LogP) is 3.91. The lowest BCUT2D eigenvalue weighted by Crippen LogP contribution is -2.35. The van der Waals surface area contributed by atoms with Gasteiger partial charge in [-0.25, -0.2) is 0 Å². The van der Waals surface area contributed by atoms with E-state index < -0.39 is 0 Å². The van der Waals surface area contributed by atoms with E-state index in [1.807, 2.05) is 19.1 Å². The van der Waals surface area contributed by atoms with Gasteiger partial charge < -0.3 is 24.6 Å². The fourth-order valence-electron chi connectivity index (χ4n) is 4.52. The Morgan fingerprint density at radius 2 is 2.00 bits per heavy atom. The smallest absolute Gasteiger partial charge is 0.266 e. The number of amides is 1. The quantitative estimate of drug-likeness (QED) is 0.454. The van der Waals surface area contributed by atoms with E-state index in [0.717, 1.165) is 74.3 Å². The summed E-state index contributed by atoms with van der Waals surface area (Å²) < 4.78 is 11.4. The molecule has 4 rings (SSSR count). The lowest BCUT2D eigenvalue weighted by molar-refractivity contribution is 0.0921. The van der Waals surface area contributed by atoms with Crippen LogP contribution >= 0.6 is 0 Å². The summed E-state index contributed by atoms with van der Waals surface area (Å²) in [5, 5.41) is 16.1. The molecule has 8 nitrogen and oxygen atoms in total. The molecule has 186 valence electrons. The zero-order valence-corrected chi connectivity index (χ0v) is 20.5. The summed E-state index contributed by atoms with van der Waals surface area (Å²) in [5.74, 6) is 3.73. The van der Waals surface area contributed by atoms with Gasteiger partial charge in [0, 0.05) is 31.1 Å². The Hall–Kier alpha value is -2.61. The molecule has 1 aliphatic carbocycles. The van der Waals surface area contributed by atoms with Gasteiger partial charge in [0.05, 0.1) is 13.2 Å². The third-order valence-electron chi connectivity index (χ3n) is 6.94. The molecule has 1 saturated carbocycles. The molecule has 2 aromatic rings. The van der Waals surface area contributed by atoms with Crippen LogP contribution in [0, 0.1) is 18.8 Å². The normalized spacial score (nSPS) is 17.6. The molecule has 0 radical (unpaired) electrons. The summed E-state index contributed by atoms with van der Waals surface area (Å²) in [5.41, 5.74) is 1.47. The standard InChI is InChI=1S/C26H38N4O4/c1-18-16-22(8-9-23(18)25(32)27-19(2)17-31)33-15-3-4-20-11-13-30(14-12-20)26-28-24(34-29-26)10-7-21-5-6-21/h8-9,16,19-21,31H,3-7,10-15,17H2,1-2H3,(H,27,32). The zero-order chi connectivity index (χ0) is 23.9. The first-order chi connectivity index (χ1) is 16.5. The minimum Gasteiger partial charge on any atom is -0.494 e. The van der Waals surface area contributed by atoms with Crippen molar-refractivity contribution in [3.63, 3.8) is 0 Å². The van der Waals surface area contributed by atoms with E-state index in [4.69, 9.17) is 14.4 Å². The van der Waals surface area contributed by atoms with E-state index in [0.29, 0.717) is 18.1 Å². The Morgan fingerprint density at radius 1 is 1.24 bits per heavy atom. The van der Waals surface area contributed by atoms with Gasteiger partial charge in [0.15, 0.2) is 0 Å². The van der Waals surface area contributed by atoms with Crippen molar-refractivity contribution >= 4 is 11.9 Å². The minimum absolute atomic E-state index is 0.0800. The predicted molar refractivity (Wildman–Crippen MR) is 130 cm³/mol. The summed E-state index contributed by atoms with van der Waals surface area (Å²) in [6, 6.07) is 5.26. The van der Waals surface area contributed by atoms with Crippen molar-refractivity contribution in [1.29, 1.82) is 0 Å². The maximum Gasteiger partial charge on any atom is 0.266 e. The Morgan fingerprint density at radius 3 is 2.71 bits per heavy atom. The van der Waals surface area contributed by atoms with Crippen LogP contribution in [0.5, 0.6) is 5.75 Å². The molecule has 0 spiro atoms. The third-order valence-corrected chi connectivity index (χ3v) is 6.94. The van der Waals surface area contributed by atoms with Gasteiger partial charge in [-0.2, -0.15) is 4.98 Å². The first-order valence-electron chi connectivity index (χ1n) is 12.7. The van der Waals surface area contributed by atoms with E-state index >= 15 is 0 Å². The molecule has 2 N–H and O–H groups in total. The van der Waals surface area contributed by atoms with Crippen LogP contribution in [0.25, 0.3) is 0 Å². The number of nitrogens with one attached hydrogen (secondary N) is 1. The molecule has 1 aromatic carbocycles. The molecule has 1 unspecified atom stereocenters. The maximum atomic E-state index is 12.3. The molecule has 2 aliphatic rings. The molecule has 2 fully saturated rings. The number of nitrogens with zero attached hydrogens (tertiary/aromatic N) is 3. The number of benzene rings is 1. The number of hydrogen-bond acceptors (Lipinski definition) is 7. The molecule has 0 bridgehead atoms. The summed E-state index contributed by atoms with van der Waals surface area (Å²) in [6.07, 6.45) is 9.23. The fourth-order valence-corrected chi connectivity index (χ4v) is 4.52. The Kier molecular flexibility index (Phi) is 8.43. The number of anilines is 1. The van der Waals surface area contributed by atoms with E-state index in [-0.39, 0.29) is 18.6 Å². The Labute approximate surface area is 202 Å². The van der Waals surface area contributed by atoms with Crippen molar-refractivity contribution < 1.29 is 19.2 Å². The summed E-state index contributed by atoms with van der Waals surface area (Å²) >= 11 is 0. The van der Waals surface area contributed by atoms with Gasteiger partial charge in [0.25, 0.3) is 11.9 Å². The molecule has 8 heteroatoms. The second-order valence-electron chi connectivity index (χ2n) is 9.93. The number of carbonyl (C=O) groups excluding carboxylic acids is 1. The SMILES string of the molecule is Cc1cc(OCCCC2CCN(c3noc(CCC4CC4)n3)CC2)ccc1C(=O)NC(C)CO. The highest BCUT2D eigenvalue weighted by Gasteiger charge is 2.24. The van der Waals surface area contributed by atoms with Gasteiger partial charge in [-0.1, -0.05) is 12.8 Å². The first-order valence-corrected chi connectivity index (χ1v) is 12.7. The second-order valence-corrected chi connectivity index (χ2v) is 9.93. The van der Waals surface area contributed by atoms with Crippen LogP contribution in [0.1, 0.15) is 73.7 Å². The highest BCUT2D eigenvalue weighted by molar-refractivity contribution is 5.95. The van der Waals surface area contributed by atoms with Crippen LogP contribution in [-0.4, -0.2) is 53.5 Å². The monoisotopic (exact) mass is 470 g/mol. The van der Waals surface area contributed by atoms with Crippen molar-refractivity contribution in [2.45, 2.75) is 71.3 Å². The number of ether oxygens (including phenoxy) is 1. The molecule has 1 aliphatic heterocycles. The van der Waals surface area contributed by atoms with E-state index in [1.165, 1.54) is 19.3 Å². The van der Waals surface area contributed by atoms with Crippen LogP contribution in [0.15, 0.2) is 22.7 Å². The van der Waals surface area contributed by atoms with Crippen molar-refractivity contribution in [2.24, 2.45) is 11.8 Å². The molecule has 1 aromatic heterocycles. The summed E-state index contributed by atoms with van der Waals surface area (Å²) in [4.78, 5) is 19.1. The number of piperidine rings is 1. The van der Waals surface area contributed by atoms with Crippen molar-refractivity contribution in [3.8, 4) is 5.75 Å². The number of aliphatic hydroxyl groups is 1. The highest BCUT2D eigenvalue weighted by Crippen LogP contribution is 2.33. The van der Waals surface area contributed by atoms with Crippen LogP contribution in [-0.2, 0) is 6.42 Å². The Bertz CT molecular complexity index is 935. The van der Waals surface area contributed by atoms with Crippen LogP contribution < -0.4 is 15.0 Å².